The Morgan fingerprint density at radius 3 is 1.69 bits per heavy atom. The van der Waals surface area contributed by atoms with E-state index in [4.69, 9.17) is 0 Å². The number of allylic oxidation sites excluding steroid dienone is 16. The minimum absolute atomic E-state index is 0.717. The Morgan fingerprint density at radius 2 is 1.15 bits per heavy atom. The van der Waals surface area contributed by atoms with Gasteiger partial charge in [0.15, 0.2) is 0 Å². The van der Waals surface area contributed by atoms with Gasteiger partial charge in [-0.2, -0.15) is 0 Å². The highest BCUT2D eigenvalue weighted by atomic mass is 16.1. The molecule has 26 heavy (non-hydrogen) atoms. The molecule has 0 aliphatic carbocycles. The fraction of sp³-hybridized carbons (Fsp3) is 0.320. The molecular weight excluding hydrogens is 316 g/mol. The topological polar surface area (TPSA) is 17.1 Å². The molecule has 0 fully saturated rings. The maximum absolute atomic E-state index is 10.5. The van der Waals surface area contributed by atoms with Crippen LogP contribution in [0, 0.1) is 0 Å². The van der Waals surface area contributed by atoms with E-state index in [1.165, 1.54) is 16.7 Å². The van der Waals surface area contributed by atoms with Crippen molar-refractivity contribution < 1.29 is 4.79 Å². The zero-order chi connectivity index (χ0) is 19.8. The highest BCUT2D eigenvalue weighted by molar-refractivity contribution is 5.72. The van der Waals surface area contributed by atoms with Crippen molar-refractivity contribution in [1.29, 1.82) is 0 Å². The summed E-state index contributed by atoms with van der Waals surface area (Å²) in [7, 11) is 0. The Kier molecular flexibility index (Phi) is 13.5. The normalized spacial score (nSPS) is 14.7. The number of aldehydes is 1. The maximum atomic E-state index is 10.5. The molecule has 0 saturated carbocycles. The zero-order valence-corrected chi connectivity index (χ0v) is 17.3. The van der Waals surface area contributed by atoms with Gasteiger partial charge in [-0.05, 0) is 60.0 Å². The van der Waals surface area contributed by atoms with Crippen molar-refractivity contribution in [1.82, 2.24) is 0 Å². The van der Waals surface area contributed by atoms with Gasteiger partial charge in [-0.15, -0.1) is 0 Å². The van der Waals surface area contributed by atoms with Crippen LogP contribution >= 0.6 is 0 Å². The first-order chi connectivity index (χ1) is 12.3. The van der Waals surface area contributed by atoms with Crippen molar-refractivity contribution in [3.05, 3.63) is 94.7 Å². The number of hydrogen-bond donors (Lipinski definition) is 0. The van der Waals surface area contributed by atoms with E-state index in [1.807, 2.05) is 18.2 Å². The fourth-order valence-corrected chi connectivity index (χ4v) is 1.95. The van der Waals surface area contributed by atoms with E-state index >= 15 is 0 Å². The Hall–Kier alpha value is -2.41. The molecule has 0 atom stereocenters. The van der Waals surface area contributed by atoms with Crippen molar-refractivity contribution in [2.75, 3.05) is 0 Å². The van der Waals surface area contributed by atoms with E-state index in [-0.39, 0.29) is 0 Å². The summed E-state index contributed by atoms with van der Waals surface area (Å²) in [6.07, 6.45) is 25.6. The van der Waals surface area contributed by atoms with Crippen molar-refractivity contribution in [3.63, 3.8) is 0 Å². The molecule has 1 nitrogen and oxygen atoms in total. The Balaban J connectivity index is 4.51. The fourth-order valence-electron chi connectivity index (χ4n) is 1.95. The van der Waals surface area contributed by atoms with Gasteiger partial charge in [0.1, 0.15) is 6.29 Å². The molecule has 0 N–H and O–H groups in total. The van der Waals surface area contributed by atoms with Gasteiger partial charge in [0.2, 0.25) is 0 Å². The Bertz CT molecular complexity index is 667. The monoisotopic (exact) mass is 350 g/mol. The molecule has 0 aromatic heterocycles. The predicted octanol–water partition coefficient (Wildman–Crippen LogP) is 7.39. The quantitative estimate of drug-likeness (QED) is 0.174. The van der Waals surface area contributed by atoms with Gasteiger partial charge >= 0.3 is 0 Å². The molecule has 0 bridgehead atoms. The molecule has 0 aliphatic heterocycles. The van der Waals surface area contributed by atoms with Crippen molar-refractivity contribution in [3.8, 4) is 0 Å². The lowest BCUT2D eigenvalue weighted by atomic mass is 10.1. The highest BCUT2D eigenvalue weighted by Gasteiger charge is 1.87. The van der Waals surface area contributed by atoms with Gasteiger partial charge in [0.05, 0.1) is 0 Å². The third kappa shape index (κ3) is 15.1. The molecule has 0 saturated heterocycles. The van der Waals surface area contributed by atoms with Gasteiger partial charge in [-0.1, -0.05) is 89.1 Å². The second-order valence-corrected chi connectivity index (χ2v) is 6.79. The summed E-state index contributed by atoms with van der Waals surface area (Å²) in [5.41, 5.74) is 5.86. The first-order valence-electron chi connectivity index (χ1n) is 9.14. The van der Waals surface area contributed by atoms with E-state index in [1.54, 1.807) is 13.0 Å². The zero-order valence-electron chi connectivity index (χ0n) is 17.3. The van der Waals surface area contributed by atoms with Crippen molar-refractivity contribution in [2.45, 2.75) is 54.4 Å². The smallest absolute Gasteiger partial charge is 0.145 e. The van der Waals surface area contributed by atoms with Crippen LogP contribution in [0.5, 0.6) is 0 Å². The molecular formula is C25H34O. The molecule has 0 unspecified atom stereocenters. The van der Waals surface area contributed by atoms with Gasteiger partial charge in [-0.25, -0.2) is 0 Å². The summed E-state index contributed by atoms with van der Waals surface area (Å²) >= 11 is 0. The third-order valence-corrected chi connectivity index (χ3v) is 3.56. The predicted molar refractivity (Wildman–Crippen MR) is 117 cm³/mol. The molecule has 0 aromatic carbocycles. The van der Waals surface area contributed by atoms with Gasteiger partial charge in [0, 0.05) is 0 Å². The maximum Gasteiger partial charge on any atom is 0.145 e. The third-order valence-electron chi connectivity index (χ3n) is 3.56. The molecule has 0 radical (unpaired) electrons. The molecule has 0 heterocycles. The van der Waals surface area contributed by atoms with E-state index in [9.17, 15) is 4.79 Å². The van der Waals surface area contributed by atoms with Crippen molar-refractivity contribution in [2.24, 2.45) is 0 Å². The molecule has 0 amide bonds. The Labute approximate surface area is 160 Å². The van der Waals surface area contributed by atoms with Crippen LogP contribution in [0.25, 0.3) is 0 Å². The van der Waals surface area contributed by atoms with Crippen LogP contribution in [0.15, 0.2) is 94.7 Å². The van der Waals surface area contributed by atoms with Crippen LogP contribution in [0.3, 0.4) is 0 Å². The summed E-state index contributed by atoms with van der Waals surface area (Å²) in [5.74, 6) is 0. The number of hydrogen-bond acceptors (Lipinski definition) is 1. The summed E-state index contributed by atoms with van der Waals surface area (Å²) in [5, 5.41) is 0. The summed E-state index contributed by atoms with van der Waals surface area (Å²) in [4.78, 5) is 10.5. The number of carbonyl (C=O) groups excluding carboxylic acids is 1. The van der Waals surface area contributed by atoms with Gasteiger partial charge in [-0.3, -0.25) is 4.79 Å². The largest absolute Gasteiger partial charge is 0.298 e. The standard InChI is InChI=1S/C25H34O/c1-21(2)12-9-15-23(4)17-11-19-24(5)18-10-16-22(3)13-7-8-14-25(6)20-26/h7-8,10-14,16-20H,9,15H2,1-6H3/b8-7+,16-10+,19-11+,22-13+,23-17+,24-18+,25-14+. The Morgan fingerprint density at radius 1 is 0.654 bits per heavy atom. The van der Waals surface area contributed by atoms with Crippen molar-refractivity contribution >= 4 is 6.29 Å². The molecule has 0 aliphatic rings. The van der Waals surface area contributed by atoms with Crippen LogP contribution in [-0.2, 0) is 4.79 Å². The second-order valence-electron chi connectivity index (χ2n) is 6.79. The average Bonchev–Trinajstić information content (AvgIpc) is 2.58. The molecule has 0 rings (SSSR count). The van der Waals surface area contributed by atoms with Crippen LogP contribution in [0.1, 0.15) is 54.4 Å². The van der Waals surface area contributed by atoms with Crippen LogP contribution in [0.4, 0.5) is 0 Å². The molecule has 1 heteroatoms. The lowest BCUT2D eigenvalue weighted by Gasteiger charge is -1.96. The lowest BCUT2D eigenvalue weighted by Crippen LogP contribution is -1.76. The first kappa shape index (κ1) is 23.6. The minimum atomic E-state index is 0.717. The second kappa shape index (κ2) is 14.9. The molecule has 0 aromatic rings. The van der Waals surface area contributed by atoms with Crippen LogP contribution in [0.2, 0.25) is 0 Å². The van der Waals surface area contributed by atoms with Crippen LogP contribution in [-0.4, -0.2) is 6.29 Å². The number of carbonyl (C=O) groups is 1. The van der Waals surface area contributed by atoms with E-state index in [2.05, 4.69) is 77.2 Å². The lowest BCUT2D eigenvalue weighted by molar-refractivity contribution is -0.104. The highest BCUT2D eigenvalue weighted by Crippen LogP contribution is 2.07. The SMILES string of the molecule is CC(C)=CCC/C(C)=C/C=C/C(C)=C/C=C/C(C)=C/C=C/C=C(\C)C=O. The average molecular weight is 351 g/mol. The molecule has 0 spiro atoms. The summed E-state index contributed by atoms with van der Waals surface area (Å²) < 4.78 is 0. The number of rotatable bonds is 10. The first-order valence-corrected chi connectivity index (χ1v) is 9.14. The van der Waals surface area contributed by atoms with Gasteiger partial charge < -0.3 is 0 Å². The summed E-state index contributed by atoms with van der Waals surface area (Å²) in [6, 6.07) is 0. The van der Waals surface area contributed by atoms with E-state index < -0.39 is 0 Å². The van der Waals surface area contributed by atoms with Crippen LogP contribution < -0.4 is 0 Å². The molecule has 140 valence electrons. The van der Waals surface area contributed by atoms with E-state index in [0.717, 1.165) is 30.3 Å². The van der Waals surface area contributed by atoms with Gasteiger partial charge in [0.25, 0.3) is 0 Å². The van der Waals surface area contributed by atoms with E-state index in [0.29, 0.717) is 0 Å². The summed E-state index contributed by atoms with van der Waals surface area (Å²) in [6.45, 7) is 12.4. The minimum Gasteiger partial charge on any atom is -0.298 e.